The molecule has 0 saturated carbocycles. The van der Waals surface area contributed by atoms with E-state index in [2.05, 4.69) is 15.2 Å². The Morgan fingerprint density at radius 2 is 2.11 bits per heavy atom. The number of hydrogen-bond acceptors (Lipinski definition) is 3. The van der Waals surface area contributed by atoms with Crippen LogP contribution in [0, 0.1) is 0 Å². The summed E-state index contributed by atoms with van der Waals surface area (Å²) in [5, 5.41) is 7.21. The van der Waals surface area contributed by atoms with Crippen molar-refractivity contribution in [1.82, 2.24) is 15.1 Å². The van der Waals surface area contributed by atoms with Crippen LogP contribution in [0.3, 0.4) is 0 Å². The van der Waals surface area contributed by atoms with Crippen molar-refractivity contribution in [2.75, 3.05) is 19.8 Å². The van der Waals surface area contributed by atoms with Gasteiger partial charge in [0.15, 0.2) is 0 Å². The van der Waals surface area contributed by atoms with Crippen LogP contribution in [0.15, 0.2) is 18.5 Å². The Kier molecular flexibility index (Phi) is 5.61. The summed E-state index contributed by atoms with van der Waals surface area (Å²) in [5.74, 6) is 0. The molecule has 0 aliphatic carbocycles. The maximum Gasteiger partial charge on any atom is 0.411 e. The van der Waals surface area contributed by atoms with Gasteiger partial charge in [0.2, 0.25) is 0 Å². The zero-order chi connectivity index (χ0) is 13.6. The Hall–Kier alpha value is -1.08. The number of nitrogens with zero attached hydrogens (tertiary/aromatic N) is 2. The average Bonchev–Trinajstić information content (AvgIpc) is 2.79. The molecule has 2 atom stereocenters. The number of nitrogens with one attached hydrogen (secondary N) is 1. The van der Waals surface area contributed by atoms with Crippen LogP contribution < -0.4 is 5.32 Å². The highest BCUT2D eigenvalue weighted by molar-refractivity contribution is 4.83. The van der Waals surface area contributed by atoms with E-state index >= 15 is 0 Å². The number of alkyl halides is 3. The van der Waals surface area contributed by atoms with Crippen LogP contribution in [0.25, 0.3) is 0 Å². The first-order valence-corrected chi connectivity index (χ1v) is 5.77. The summed E-state index contributed by atoms with van der Waals surface area (Å²) >= 11 is 0. The topological polar surface area (TPSA) is 39.1 Å². The molecule has 1 heterocycles. The summed E-state index contributed by atoms with van der Waals surface area (Å²) in [4.78, 5) is 0. The molecule has 1 rings (SSSR count). The summed E-state index contributed by atoms with van der Waals surface area (Å²) < 4.78 is 41.7. The normalized spacial score (nSPS) is 15.6. The Bertz CT molecular complexity index is 327. The van der Waals surface area contributed by atoms with Gasteiger partial charge in [0, 0.05) is 25.0 Å². The van der Waals surface area contributed by atoms with Crippen molar-refractivity contribution >= 4 is 0 Å². The van der Waals surface area contributed by atoms with Gasteiger partial charge >= 0.3 is 6.18 Å². The SMILES string of the molecule is C[C@H](NCCOCC(F)(F)F)[C@@H](C)n1cccn1. The molecule has 0 spiro atoms. The zero-order valence-electron chi connectivity index (χ0n) is 10.4. The molecule has 104 valence electrons. The molecule has 0 fully saturated rings. The zero-order valence-corrected chi connectivity index (χ0v) is 10.4. The highest BCUT2D eigenvalue weighted by Crippen LogP contribution is 2.14. The minimum Gasteiger partial charge on any atom is -0.371 e. The van der Waals surface area contributed by atoms with E-state index in [1.807, 2.05) is 26.1 Å². The predicted molar refractivity (Wildman–Crippen MR) is 61.3 cm³/mol. The molecule has 0 saturated heterocycles. The third-order valence-corrected chi connectivity index (χ3v) is 2.64. The standard InChI is InChI=1S/C11H18F3N3O/c1-9(10(2)17-6-3-4-16-17)15-5-7-18-8-11(12,13)14/h3-4,6,9-10,15H,5,7-8H2,1-2H3/t9-,10+/m0/s1. The molecule has 0 bridgehead atoms. The Morgan fingerprint density at radius 1 is 1.39 bits per heavy atom. The maximum atomic E-state index is 11.8. The fourth-order valence-electron chi connectivity index (χ4n) is 1.47. The molecule has 0 radical (unpaired) electrons. The van der Waals surface area contributed by atoms with Gasteiger partial charge in [0.25, 0.3) is 0 Å². The van der Waals surface area contributed by atoms with Crippen molar-refractivity contribution in [2.24, 2.45) is 0 Å². The van der Waals surface area contributed by atoms with E-state index in [9.17, 15) is 13.2 Å². The lowest BCUT2D eigenvalue weighted by molar-refractivity contribution is -0.173. The quantitative estimate of drug-likeness (QED) is 0.766. The van der Waals surface area contributed by atoms with Crippen LogP contribution >= 0.6 is 0 Å². The number of hydrogen-bond donors (Lipinski definition) is 1. The van der Waals surface area contributed by atoms with Gasteiger partial charge in [0.05, 0.1) is 12.6 Å². The van der Waals surface area contributed by atoms with E-state index in [-0.39, 0.29) is 18.7 Å². The molecular formula is C11H18F3N3O. The lowest BCUT2D eigenvalue weighted by Crippen LogP contribution is -2.36. The fourth-order valence-corrected chi connectivity index (χ4v) is 1.47. The molecule has 0 aliphatic heterocycles. The predicted octanol–water partition coefficient (Wildman–Crippen LogP) is 2.00. The van der Waals surface area contributed by atoms with Gasteiger partial charge in [-0.05, 0) is 19.9 Å². The molecule has 18 heavy (non-hydrogen) atoms. The van der Waals surface area contributed by atoms with E-state index < -0.39 is 12.8 Å². The first-order valence-electron chi connectivity index (χ1n) is 5.77. The van der Waals surface area contributed by atoms with Gasteiger partial charge in [-0.2, -0.15) is 18.3 Å². The van der Waals surface area contributed by atoms with Crippen molar-refractivity contribution in [3.63, 3.8) is 0 Å². The average molecular weight is 265 g/mol. The Labute approximate surface area is 104 Å². The minimum absolute atomic E-state index is 0.0374. The first-order chi connectivity index (χ1) is 8.40. The van der Waals surface area contributed by atoms with Gasteiger partial charge in [-0.15, -0.1) is 0 Å². The minimum atomic E-state index is -4.26. The summed E-state index contributed by atoms with van der Waals surface area (Å²) in [6.07, 6.45) is -0.716. The maximum absolute atomic E-state index is 11.8. The largest absolute Gasteiger partial charge is 0.411 e. The van der Waals surface area contributed by atoms with Crippen molar-refractivity contribution in [1.29, 1.82) is 0 Å². The van der Waals surface area contributed by atoms with Gasteiger partial charge in [-0.1, -0.05) is 0 Å². The van der Waals surface area contributed by atoms with Crippen molar-refractivity contribution in [3.05, 3.63) is 18.5 Å². The summed E-state index contributed by atoms with van der Waals surface area (Å²) in [6, 6.07) is 2.05. The number of halogens is 3. The number of aromatic nitrogens is 2. The molecule has 0 amide bonds. The second-order valence-corrected chi connectivity index (χ2v) is 4.14. The van der Waals surface area contributed by atoms with Crippen LogP contribution in [0.2, 0.25) is 0 Å². The van der Waals surface area contributed by atoms with Crippen LogP contribution in [0.4, 0.5) is 13.2 Å². The van der Waals surface area contributed by atoms with Gasteiger partial charge in [-0.25, -0.2) is 0 Å². The molecule has 0 aromatic carbocycles. The number of ether oxygens (including phenoxy) is 1. The monoisotopic (exact) mass is 265 g/mol. The highest BCUT2D eigenvalue weighted by atomic mass is 19.4. The molecule has 0 aliphatic rings. The third kappa shape index (κ3) is 5.50. The second-order valence-electron chi connectivity index (χ2n) is 4.14. The Morgan fingerprint density at radius 3 is 2.67 bits per heavy atom. The lowest BCUT2D eigenvalue weighted by Gasteiger charge is -2.21. The van der Waals surface area contributed by atoms with Crippen molar-refractivity contribution < 1.29 is 17.9 Å². The van der Waals surface area contributed by atoms with E-state index in [4.69, 9.17) is 0 Å². The third-order valence-electron chi connectivity index (χ3n) is 2.64. The van der Waals surface area contributed by atoms with Gasteiger partial charge in [0.1, 0.15) is 6.61 Å². The van der Waals surface area contributed by atoms with Crippen LogP contribution in [0.1, 0.15) is 19.9 Å². The first kappa shape index (κ1) is 15.0. The molecule has 7 heteroatoms. The molecule has 1 N–H and O–H groups in total. The lowest BCUT2D eigenvalue weighted by atomic mass is 10.2. The van der Waals surface area contributed by atoms with Crippen LogP contribution in [-0.4, -0.2) is 41.8 Å². The molecular weight excluding hydrogens is 247 g/mol. The molecule has 1 aromatic heterocycles. The van der Waals surface area contributed by atoms with Gasteiger partial charge in [-0.3, -0.25) is 4.68 Å². The fraction of sp³-hybridized carbons (Fsp3) is 0.727. The van der Waals surface area contributed by atoms with Gasteiger partial charge < -0.3 is 10.1 Å². The number of rotatable bonds is 7. The van der Waals surface area contributed by atoms with Crippen molar-refractivity contribution in [3.8, 4) is 0 Å². The Balaban J connectivity index is 2.16. The van der Waals surface area contributed by atoms with Crippen LogP contribution in [0.5, 0.6) is 0 Å². The smallest absolute Gasteiger partial charge is 0.371 e. The highest BCUT2D eigenvalue weighted by Gasteiger charge is 2.27. The van der Waals surface area contributed by atoms with E-state index in [0.29, 0.717) is 6.54 Å². The summed E-state index contributed by atoms with van der Waals surface area (Å²) in [6.45, 7) is 3.16. The second kappa shape index (κ2) is 6.75. The van der Waals surface area contributed by atoms with Crippen molar-refractivity contribution in [2.45, 2.75) is 32.1 Å². The molecule has 1 aromatic rings. The summed E-state index contributed by atoms with van der Waals surface area (Å²) in [7, 11) is 0. The molecule has 4 nitrogen and oxygen atoms in total. The van der Waals surface area contributed by atoms with Crippen LogP contribution in [-0.2, 0) is 4.74 Å². The molecule has 0 unspecified atom stereocenters. The van der Waals surface area contributed by atoms with E-state index in [1.165, 1.54) is 0 Å². The van der Waals surface area contributed by atoms with E-state index in [1.54, 1.807) is 10.9 Å². The van der Waals surface area contributed by atoms with E-state index in [0.717, 1.165) is 0 Å². The summed E-state index contributed by atoms with van der Waals surface area (Å²) in [5.41, 5.74) is 0.